The molecule has 0 bridgehead atoms. The number of ketones is 1. The maximum atomic E-state index is 12.9. The number of nitrogens with one attached hydrogen (secondary N) is 1. The first kappa shape index (κ1) is 19.3. The fourth-order valence-electron chi connectivity index (χ4n) is 3.23. The number of rotatable bonds is 8. The van der Waals surface area contributed by atoms with Crippen molar-refractivity contribution in [3.63, 3.8) is 0 Å². The standard InChI is InChI=1S/C22H20N6O2/c29-20(12-21(30)22-24-26-27-25-22)19-15-28(13-17-8-10-23-11-9-17)14-18(19)7-6-16-4-2-1-3-5-16/h1-5,8-12,14-15,30H,6-7,13H2,(H,24,25,26,27). The summed E-state index contributed by atoms with van der Waals surface area (Å²) in [5, 5.41) is 23.2. The predicted molar refractivity (Wildman–Crippen MR) is 111 cm³/mol. The number of benzene rings is 1. The van der Waals surface area contributed by atoms with E-state index in [1.54, 1.807) is 12.4 Å². The molecular weight excluding hydrogens is 380 g/mol. The van der Waals surface area contributed by atoms with Crippen LogP contribution in [0.3, 0.4) is 0 Å². The van der Waals surface area contributed by atoms with Crippen LogP contribution in [0.15, 0.2) is 73.3 Å². The fourth-order valence-corrected chi connectivity index (χ4v) is 3.23. The van der Waals surface area contributed by atoms with E-state index >= 15 is 0 Å². The highest BCUT2D eigenvalue weighted by Gasteiger charge is 2.16. The maximum absolute atomic E-state index is 12.9. The average Bonchev–Trinajstić information content (AvgIpc) is 3.44. The number of aliphatic hydroxyl groups is 1. The number of nitrogens with zero attached hydrogens (tertiary/aromatic N) is 5. The molecular formula is C22H20N6O2. The van der Waals surface area contributed by atoms with Crippen molar-refractivity contribution in [2.45, 2.75) is 19.4 Å². The van der Waals surface area contributed by atoms with Crippen LogP contribution in [0, 0.1) is 0 Å². The average molecular weight is 400 g/mol. The number of hydrogen-bond acceptors (Lipinski definition) is 6. The number of tetrazole rings is 1. The molecule has 30 heavy (non-hydrogen) atoms. The first-order chi connectivity index (χ1) is 14.7. The lowest BCUT2D eigenvalue weighted by Gasteiger charge is -2.03. The third-order valence-electron chi connectivity index (χ3n) is 4.71. The van der Waals surface area contributed by atoms with Crippen LogP contribution in [0.25, 0.3) is 5.76 Å². The van der Waals surface area contributed by atoms with Gasteiger partial charge in [0.15, 0.2) is 11.5 Å². The summed E-state index contributed by atoms with van der Waals surface area (Å²) in [6.45, 7) is 0.620. The summed E-state index contributed by atoms with van der Waals surface area (Å²) in [6.07, 6.45) is 9.91. The molecule has 0 unspecified atom stereocenters. The van der Waals surface area contributed by atoms with Crippen molar-refractivity contribution in [3.05, 3.63) is 101 Å². The van der Waals surface area contributed by atoms with E-state index in [4.69, 9.17) is 0 Å². The highest BCUT2D eigenvalue weighted by molar-refractivity contribution is 6.08. The van der Waals surface area contributed by atoms with Crippen LogP contribution in [0.4, 0.5) is 0 Å². The monoisotopic (exact) mass is 400 g/mol. The van der Waals surface area contributed by atoms with E-state index in [1.165, 1.54) is 5.56 Å². The summed E-state index contributed by atoms with van der Waals surface area (Å²) in [5.41, 5.74) is 3.73. The van der Waals surface area contributed by atoms with E-state index < -0.39 is 0 Å². The van der Waals surface area contributed by atoms with Gasteiger partial charge in [0.25, 0.3) is 0 Å². The number of aryl methyl sites for hydroxylation is 2. The molecule has 8 heteroatoms. The Kier molecular flexibility index (Phi) is 5.75. The number of pyridine rings is 1. The quantitative estimate of drug-likeness (QED) is 0.267. The molecule has 0 aliphatic heterocycles. The molecule has 0 aliphatic carbocycles. The summed E-state index contributed by atoms with van der Waals surface area (Å²) >= 11 is 0. The smallest absolute Gasteiger partial charge is 0.239 e. The second-order valence-corrected chi connectivity index (χ2v) is 6.84. The van der Waals surface area contributed by atoms with Gasteiger partial charge in [-0.1, -0.05) is 30.3 Å². The Bertz CT molecular complexity index is 1140. The Morgan fingerprint density at radius 2 is 1.83 bits per heavy atom. The number of aromatic amines is 1. The third kappa shape index (κ3) is 4.67. The van der Waals surface area contributed by atoms with Crippen molar-refractivity contribution in [1.29, 1.82) is 0 Å². The molecule has 4 aromatic rings. The first-order valence-corrected chi connectivity index (χ1v) is 9.49. The Labute approximate surface area is 172 Å². The predicted octanol–water partition coefficient (Wildman–Crippen LogP) is 3.01. The van der Waals surface area contributed by atoms with Gasteiger partial charge >= 0.3 is 0 Å². The fraction of sp³-hybridized carbons (Fsp3) is 0.136. The zero-order valence-corrected chi connectivity index (χ0v) is 16.1. The third-order valence-corrected chi connectivity index (χ3v) is 4.71. The van der Waals surface area contributed by atoms with Crippen LogP contribution in [-0.4, -0.2) is 41.1 Å². The largest absolute Gasteiger partial charge is 0.504 e. The Morgan fingerprint density at radius 3 is 2.57 bits per heavy atom. The molecule has 2 N–H and O–H groups in total. The summed E-state index contributed by atoms with van der Waals surface area (Å²) in [7, 11) is 0. The number of H-pyrrole nitrogens is 1. The van der Waals surface area contributed by atoms with Gasteiger partial charge in [-0.15, -0.1) is 10.2 Å². The van der Waals surface area contributed by atoms with Crippen molar-refractivity contribution in [1.82, 2.24) is 30.2 Å². The number of carbonyl (C=O) groups excluding carboxylic acids is 1. The number of hydrogen-bond donors (Lipinski definition) is 2. The molecule has 0 spiro atoms. The summed E-state index contributed by atoms with van der Waals surface area (Å²) in [6, 6.07) is 14.0. The molecule has 0 saturated heterocycles. The van der Waals surface area contributed by atoms with E-state index in [0.29, 0.717) is 18.5 Å². The zero-order chi connectivity index (χ0) is 20.8. The maximum Gasteiger partial charge on any atom is 0.239 e. The van der Waals surface area contributed by atoms with Crippen LogP contribution in [0.2, 0.25) is 0 Å². The molecule has 0 radical (unpaired) electrons. The lowest BCUT2D eigenvalue weighted by Crippen LogP contribution is -2.01. The Morgan fingerprint density at radius 1 is 1.03 bits per heavy atom. The van der Waals surface area contributed by atoms with Crippen LogP contribution in [-0.2, 0) is 19.4 Å². The zero-order valence-electron chi connectivity index (χ0n) is 16.1. The van der Waals surface area contributed by atoms with Gasteiger partial charge in [-0.05, 0) is 46.9 Å². The highest BCUT2D eigenvalue weighted by Crippen LogP contribution is 2.18. The van der Waals surface area contributed by atoms with Crippen molar-refractivity contribution < 1.29 is 9.90 Å². The van der Waals surface area contributed by atoms with Crippen molar-refractivity contribution in [2.24, 2.45) is 0 Å². The van der Waals surface area contributed by atoms with E-state index in [1.807, 2.05) is 47.3 Å². The molecule has 0 aliphatic rings. The molecule has 4 rings (SSSR count). The molecule has 3 heterocycles. The summed E-state index contributed by atoms with van der Waals surface area (Å²) in [4.78, 5) is 16.9. The van der Waals surface area contributed by atoms with Gasteiger partial charge in [-0.2, -0.15) is 5.21 Å². The lowest BCUT2D eigenvalue weighted by molar-refractivity contribution is 0.104. The highest BCUT2D eigenvalue weighted by atomic mass is 16.3. The molecule has 8 nitrogen and oxygen atoms in total. The van der Waals surface area contributed by atoms with Crippen LogP contribution in [0.1, 0.15) is 32.9 Å². The van der Waals surface area contributed by atoms with Crippen LogP contribution < -0.4 is 0 Å². The molecule has 0 fully saturated rings. The number of aliphatic hydroxyl groups excluding tert-OH is 1. The molecule has 0 saturated carbocycles. The normalized spacial score (nSPS) is 11.5. The van der Waals surface area contributed by atoms with Crippen molar-refractivity contribution >= 4 is 11.5 Å². The molecule has 0 atom stereocenters. The second kappa shape index (κ2) is 8.95. The van der Waals surface area contributed by atoms with Crippen LogP contribution >= 0.6 is 0 Å². The van der Waals surface area contributed by atoms with Crippen molar-refractivity contribution in [2.75, 3.05) is 0 Å². The Hall–Kier alpha value is -4.07. The lowest BCUT2D eigenvalue weighted by atomic mass is 10.0. The second-order valence-electron chi connectivity index (χ2n) is 6.84. The van der Waals surface area contributed by atoms with Gasteiger partial charge in [0.2, 0.25) is 5.82 Å². The van der Waals surface area contributed by atoms with Crippen molar-refractivity contribution in [3.8, 4) is 0 Å². The molecule has 1 aromatic carbocycles. The molecule has 150 valence electrons. The number of aromatic nitrogens is 6. The van der Waals surface area contributed by atoms with Gasteiger partial charge in [-0.3, -0.25) is 9.78 Å². The van der Waals surface area contributed by atoms with E-state index in [2.05, 4.69) is 37.7 Å². The van der Waals surface area contributed by atoms with Gasteiger partial charge in [0.05, 0.1) is 0 Å². The van der Waals surface area contributed by atoms with E-state index in [0.717, 1.165) is 23.6 Å². The summed E-state index contributed by atoms with van der Waals surface area (Å²) < 4.78 is 1.97. The minimum Gasteiger partial charge on any atom is -0.504 e. The topological polar surface area (TPSA) is 110 Å². The van der Waals surface area contributed by atoms with Gasteiger partial charge in [0, 0.05) is 43.0 Å². The van der Waals surface area contributed by atoms with E-state index in [9.17, 15) is 9.90 Å². The van der Waals surface area contributed by atoms with Gasteiger partial charge < -0.3 is 9.67 Å². The number of carbonyl (C=O) groups is 1. The molecule has 3 aromatic heterocycles. The van der Waals surface area contributed by atoms with Gasteiger partial charge in [-0.25, -0.2) is 0 Å². The Balaban J connectivity index is 1.60. The van der Waals surface area contributed by atoms with Crippen LogP contribution in [0.5, 0.6) is 0 Å². The number of allylic oxidation sites excluding steroid dienone is 1. The summed E-state index contributed by atoms with van der Waals surface area (Å²) in [5.74, 6) is -0.663. The minimum atomic E-state index is -0.329. The van der Waals surface area contributed by atoms with E-state index in [-0.39, 0.29) is 17.4 Å². The first-order valence-electron chi connectivity index (χ1n) is 9.49. The minimum absolute atomic E-state index is 0.0228. The molecule has 0 amide bonds. The van der Waals surface area contributed by atoms with Gasteiger partial charge in [0.1, 0.15) is 0 Å². The SMILES string of the molecule is O=C(C=C(O)c1nn[nH]n1)c1cn(Cc2ccncc2)cc1CCc1ccccc1.